The van der Waals surface area contributed by atoms with Crippen LogP contribution in [0.5, 0.6) is 5.19 Å². The Kier molecular flexibility index (Phi) is 5.26. The molecule has 0 unspecified atom stereocenters. The van der Waals surface area contributed by atoms with Crippen molar-refractivity contribution in [2.45, 2.75) is 25.9 Å². The molecule has 2 aromatic heterocycles. The second kappa shape index (κ2) is 7.98. The molecule has 0 atom stereocenters. The van der Waals surface area contributed by atoms with E-state index in [9.17, 15) is 4.79 Å². The molecular formula is C19H22N4O3S. The zero-order chi connectivity index (χ0) is 18.6. The third kappa shape index (κ3) is 4.06. The van der Waals surface area contributed by atoms with Crippen LogP contribution in [0.25, 0.3) is 16.7 Å². The molecule has 0 saturated carbocycles. The first kappa shape index (κ1) is 17.8. The van der Waals surface area contributed by atoms with E-state index in [-0.39, 0.29) is 6.10 Å². The molecule has 1 aliphatic heterocycles. The van der Waals surface area contributed by atoms with Crippen LogP contribution in [0.3, 0.4) is 0 Å². The fourth-order valence-electron chi connectivity index (χ4n) is 3.18. The molecule has 1 aromatic carbocycles. The van der Waals surface area contributed by atoms with Crippen LogP contribution in [0.2, 0.25) is 0 Å². The van der Waals surface area contributed by atoms with Crippen molar-refractivity contribution in [3.05, 3.63) is 35.8 Å². The van der Waals surface area contributed by atoms with Gasteiger partial charge in [-0.2, -0.15) is 4.98 Å². The normalized spacial score (nSPS) is 15.0. The maximum absolute atomic E-state index is 11.6. The minimum absolute atomic E-state index is 0.239. The molecule has 0 aliphatic carbocycles. The first-order valence-corrected chi connectivity index (χ1v) is 9.99. The summed E-state index contributed by atoms with van der Waals surface area (Å²) in [7, 11) is 0. The third-order valence-electron chi connectivity index (χ3n) is 4.48. The number of hydrogen-bond donors (Lipinski definition) is 2. The monoisotopic (exact) mass is 386 g/mol. The van der Waals surface area contributed by atoms with E-state index >= 15 is 0 Å². The number of amides is 1. The average molecular weight is 386 g/mol. The van der Waals surface area contributed by atoms with Gasteiger partial charge in [0.2, 0.25) is 0 Å². The van der Waals surface area contributed by atoms with E-state index in [1.807, 2.05) is 40.4 Å². The molecule has 2 N–H and O–H groups in total. The fourth-order valence-corrected chi connectivity index (χ4v) is 3.89. The molecule has 4 rings (SSSR count). The molecular weight excluding hydrogens is 364 g/mol. The van der Waals surface area contributed by atoms with E-state index < -0.39 is 6.09 Å². The lowest BCUT2D eigenvalue weighted by molar-refractivity contribution is 0.162. The lowest BCUT2D eigenvalue weighted by Crippen LogP contribution is -2.34. The Morgan fingerprint density at radius 1 is 1.37 bits per heavy atom. The van der Waals surface area contributed by atoms with Crippen molar-refractivity contribution >= 4 is 34.0 Å². The number of aromatic nitrogens is 2. The summed E-state index contributed by atoms with van der Waals surface area (Å²) >= 11 is 1.52. The topological polar surface area (TPSA) is 77.4 Å². The SMILES string of the molecule is CCOC(=O)Nc1ccc2c(ccn2-c2csc(OC3CCNCC3)n2)c1. The second-order valence-electron chi connectivity index (χ2n) is 6.34. The molecule has 1 saturated heterocycles. The number of nitrogens with zero attached hydrogens (tertiary/aromatic N) is 2. The van der Waals surface area contributed by atoms with Crippen molar-refractivity contribution in [2.75, 3.05) is 25.0 Å². The van der Waals surface area contributed by atoms with Gasteiger partial charge in [-0.3, -0.25) is 5.32 Å². The first-order valence-electron chi connectivity index (χ1n) is 9.11. The van der Waals surface area contributed by atoms with Crippen molar-refractivity contribution in [3.63, 3.8) is 0 Å². The molecule has 8 heteroatoms. The van der Waals surface area contributed by atoms with Crippen molar-refractivity contribution in [1.82, 2.24) is 14.9 Å². The van der Waals surface area contributed by atoms with Crippen LogP contribution in [-0.2, 0) is 4.74 Å². The number of thiazole rings is 1. The summed E-state index contributed by atoms with van der Waals surface area (Å²) in [6.07, 6.45) is 3.79. The molecule has 3 heterocycles. The van der Waals surface area contributed by atoms with Gasteiger partial charge in [0.25, 0.3) is 5.19 Å². The highest BCUT2D eigenvalue weighted by molar-refractivity contribution is 7.11. The first-order chi connectivity index (χ1) is 13.2. The van der Waals surface area contributed by atoms with E-state index in [1.165, 1.54) is 11.3 Å². The van der Waals surface area contributed by atoms with Crippen molar-refractivity contribution < 1.29 is 14.3 Å². The Bertz CT molecular complexity index is 930. The lowest BCUT2D eigenvalue weighted by Gasteiger charge is -2.22. The third-order valence-corrected chi connectivity index (χ3v) is 5.20. The molecule has 1 fully saturated rings. The molecule has 0 spiro atoms. The zero-order valence-electron chi connectivity index (χ0n) is 15.1. The van der Waals surface area contributed by atoms with Gasteiger partial charge < -0.3 is 19.4 Å². The fraction of sp³-hybridized carbons (Fsp3) is 0.368. The van der Waals surface area contributed by atoms with Crippen molar-refractivity contribution in [1.29, 1.82) is 0 Å². The Labute approximate surface area is 161 Å². The predicted octanol–water partition coefficient (Wildman–Crippen LogP) is 3.79. The summed E-state index contributed by atoms with van der Waals surface area (Å²) in [5.74, 6) is 0.838. The predicted molar refractivity (Wildman–Crippen MR) is 106 cm³/mol. The maximum atomic E-state index is 11.6. The minimum Gasteiger partial charge on any atom is -0.467 e. The van der Waals surface area contributed by atoms with Gasteiger partial charge in [0.05, 0.1) is 12.1 Å². The number of rotatable bonds is 5. The Morgan fingerprint density at radius 2 is 2.22 bits per heavy atom. The highest BCUT2D eigenvalue weighted by Crippen LogP contribution is 2.28. The van der Waals surface area contributed by atoms with Gasteiger partial charge in [-0.15, -0.1) is 0 Å². The van der Waals surface area contributed by atoms with Crippen LogP contribution in [0.4, 0.5) is 10.5 Å². The maximum Gasteiger partial charge on any atom is 0.411 e. The lowest BCUT2D eigenvalue weighted by atomic mass is 10.1. The summed E-state index contributed by atoms with van der Waals surface area (Å²) in [6.45, 7) is 4.11. The smallest absolute Gasteiger partial charge is 0.411 e. The number of ether oxygens (including phenoxy) is 2. The van der Waals surface area contributed by atoms with Gasteiger partial charge in [-0.1, -0.05) is 11.3 Å². The van der Waals surface area contributed by atoms with Gasteiger partial charge >= 0.3 is 6.09 Å². The van der Waals surface area contributed by atoms with Crippen molar-refractivity contribution in [2.24, 2.45) is 0 Å². The van der Waals surface area contributed by atoms with E-state index in [2.05, 4.69) is 15.6 Å². The molecule has 1 aliphatic rings. The van der Waals surface area contributed by atoms with Gasteiger partial charge in [0, 0.05) is 22.7 Å². The summed E-state index contributed by atoms with van der Waals surface area (Å²) in [5, 5.41) is 9.78. The van der Waals surface area contributed by atoms with E-state index in [0.717, 1.165) is 42.7 Å². The molecule has 0 bridgehead atoms. The summed E-state index contributed by atoms with van der Waals surface area (Å²) in [4.78, 5) is 16.2. The largest absolute Gasteiger partial charge is 0.467 e. The summed E-state index contributed by atoms with van der Waals surface area (Å²) < 4.78 is 13.0. The van der Waals surface area contributed by atoms with Crippen molar-refractivity contribution in [3.8, 4) is 11.0 Å². The van der Waals surface area contributed by atoms with Crippen LogP contribution in [-0.4, -0.2) is 41.4 Å². The van der Waals surface area contributed by atoms with Gasteiger partial charge in [-0.05, 0) is 57.1 Å². The quantitative estimate of drug-likeness (QED) is 0.698. The van der Waals surface area contributed by atoms with Gasteiger partial charge in [0.1, 0.15) is 6.10 Å². The number of hydrogen-bond acceptors (Lipinski definition) is 6. The van der Waals surface area contributed by atoms with Crippen LogP contribution >= 0.6 is 11.3 Å². The highest BCUT2D eigenvalue weighted by Gasteiger charge is 2.17. The number of carbonyl (C=O) groups is 1. The minimum atomic E-state index is -0.449. The van der Waals surface area contributed by atoms with E-state index in [4.69, 9.17) is 9.47 Å². The van der Waals surface area contributed by atoms with Crippen LogP contribution in [0.15, 0.2) is 35.8 Å². The molecule has 3 aromatic rings. The number of anilines is 1. The van der Waals surface area contributed by atoms with Crippen LogP contribution in [0, 0.1) is 0 Å². The molecule has 1 amide bonds. The zero-order valence-corrected chi connectivity index (χ0v) is 15.9. The average Bonchev–Trinajstić information content (AvgIpc) is 3.29. The summed E-state index contributed by atoms with van der Waals surface area (Å²) in [5.41, 5.74) is 1.72. The number of carbonyl (C=O) groups excluding carboxylic acids is 1. The Morgan fingerprint density at radius 3 is 3.04 bits per heavy atom. The summed E-state index contributed by atoms with van der Waals surface area (Å²) in [6, 6.07) is 7.73. The molecule has 7 nitrogen and oxygen atoms in total. The van der Waals surface area contributed by atoms with E-state index in [1.54, 1.807) is 6.92 Å². The molecule has 27 heavy (non-hydrogen) atoms. The van der Waals surface area contributed by atoms with E-state index in [0.29, 0.717) is 17.5 Å². The Hall–Kier alpha value is -2.58. The number of piperidine rings is 1. The van der Waals surface area contributed by atoms with Crippen LogP contribution < -0.4 is 15.4 Å². The number of benzene rings is 1. The number of nitrogens with one attached hydrogen (secondary N) is 2. The Balaban J connectivity index is 1.51. The van der Waals surface area contributed by atoms with Gasteiger partial charge in [0.15, 0.2) is 5.82 Å². The van der Waals surface area contributed by atoms with Crippen LogP contribution in [0.1, 0.15) is 19.8 Å². The standard InChI is InChI=1S/C19H22N4O3S/c1-2-25-18(24)21-14-3-4-16-13(11-14)7-10-23(16)17-12-27-19(22-17)26-15-5-8-20-9-6-15/h3-4,7,10-12,15,20H,2,5-6,8-9H2,1H3,(H,21,24). The highest BCUT2D eigenvalue weighted by atomic mass is 32.1. The second-order valence-corrected chi connectivity index (χ2v) is 7.16. The van der Waals surface area contributed by atoms with Gasteiger partial charge in [-0.25, -0.2) is 4.79 Å². The molecule has 0 radical (unpaired) electrons. The number of fused-ring (bicyclic) bond motifs is 1. The molecule has 142 valence electrons.